The molecule has 1 amide bonds. The van der Waals surface area contributed by atoms with Gasteiger partial charge in [-0.25, -0.2) is 4.99 Å². The van der Waals surface area contributed by atoms with E-state index in [9.17, 15) is 4.79 Å². The molecule has 1 fully saturated rings. The molecule has 0 radical (unpaired) electrons. The maximum absolute atomic E-state index is 11.7. The molecule has 2 N–H and O–H groups in total. The van der Waals surface area contributed by atoms with E-state index in [1.165, 1.54) is 25.7 Å². The number of likely N-dealkylation sites (N-methyl/N-ethyl adjacent to an activating group) is 1. The number of hydrogen-bond donors (Lipinski definition) is 2. The number of carbonyl (C=O) groups is 1. The molecule has 0 heterocycles. The quantitative estimate of drug-likeness (QED) is 0.291. The van der Waals surface area contributed by atoms with Gasteiger partial charge in [-0.15, -0.1) is 30.6 Å². The van der Waals surface area contributed by atoms with E-state index in [1.807, 2.05) is 0 Å². The second-order valence-electron chi connectivity index (χ2n) is 6.62. The molecule has 5 nitrogen and oxygen atoms in total. The molecule has 0 aromatic rings. The van der Waals surface area contributed by atoms with Gasteiger partial charge < -0.3 is 15.5 Å². The Balaban J connectivity index is 0.00000484. The van der Waals surface area contributed by atoms with Crippen molar-refractivity contribution >= 4 is 35.8 Å². The van der Waals surface area contributed by atoms with Crippen LogP contribution in [0.15, 0.2) is 17.6 Å². The lowest BCUT2D eigenvalue weighted by Crippen LogP contribution is -2.45. The first-order chi connectivity index (χ1) is 10.4. The van der Waals surface area contributed by atoms with Crippen molar-refractivity contribution in [3.05, 3.63) is 12.7 Å². The summed E-state index contributed by atoms with van der Waals surface area (Å²) >= 11 is 0. The summed E-state index contributed by atoms with van der Waals surface area (Å²) < 4.78 is 0. The monoisotopic (exact) mass is 436 g/mol. The third-order valence-electron chi connectivity index (χ3n) is 4.34. The van der Waals surface area contributed by atoms with Gasteiger partial charge in [0.2, 0.25) is 5.91 Å². The molecule has 1 rings (SSSR count). The Morgan fingerprint density at radius 3 is 2.39 bits per heavy atom. The summed E-state index contributed by atoms with van der Waals surface area (Å²) in [5, 5.41) is 6.66. The highest BCUT2D eigenvalue weighted by atomic mass is 127. The van der Waals surface area contributed by atoms with Crippen LogP contribution in [0.5, 0.6) is 0 Å². The Labute approximate surface area is 158 Å². The molecule has 23 heavy (non-hydrogen) atoms. The van der Waals surface area contributed by atoms with Crippen LogP contribution >= 0.6 is 24.0 Å². The molecule has 0 spiro atoms. The van der Waals surface area contributed by atoms with Crippen LogP contribution in [0.4, 0.5) is 0 Å². The van der Waals surface area contributed by atoms with E-state index in [-0.39, 0.29) is 36.4 Å². The summed E-state index contributed by atoms with van der Waals surface area (Å²) in [6.45, 7) is 9.14. The fraction of sp³-hybridized carbons (Fsp3) is 0.765. The van der Waals surface area contributed by atoms with Crippen molar-refractivity contribution < 1.29 is 4.79 Å². The van der Waals surface area contributed by atoms with Gasteiger partial charge in [0, 0.05) is 26.7 Å². The van der Waals surface area contributed by atoms with E-state index < -0.39 is 0 Å². The van der Waals surface area contributed by atoms with Crippen molar-refractivity contribution in [2.45, 2.75) is 45.6 Å². The number of nitrogens with one attached hydrogen (secondary N) is 2. The van der Waals surface area contributed by atoms with Gasteiger partial charge in [-0.2, -0.15) is 0 Å². The minimum absolute atomic E-state index is 0. The Hall–Kier alpha value is -0.790. The molecule has 0 aromatic heterocycles. The molecule has 0 unspecified atom stereocenters. The van der Waals surface area contributed by atoms with Gasteiger partial charge in [0.1, 0.15) is 6.54 Å². The SMILES string of the molecule is C=CCNC(=NCC(=O)N(C)C)NC1CCC(C(C)C)CC1.I. The fourth-order valence-corrected chi connectivity index (χ4v) is 2.73. The van der Waals surface area contributed by atoms with Crippen molar-refractivity contribution in [3.63, 3.8) is 0 Å². The average molecular weight is 436 g/mol. The summed E-state index contributed by atoms with van der Waals surface area (Å²) in [5.74, 6) is 2.33. The lowest BCUT2D eigenvalue weighted by atomic mass is 9.80. The highest BCUT2D eigenvalue weighted by Gasteiger charge is 2.23. The summed E-state index contributed by atoms with van der Waals surface area (Å²) in [6.07, 6.45) is 6.65. The number of nitrogens with zero attached hydrogens (tertiary/aromatic N) is 2. The maximum atomic E-state index is 11.7. The largest absolute Gasteiger partial charge is 0.354 e. The molecule has 1 saturated carbocycles. The maximum Gasteiger partial charge on any atom is 0.243 e. The molecule has 0 aliphatic heterocycles. The van der Waals surface area contributed by atoms with Crippen molar-refractivity contribution in [1.29, 1.82) is 0 Å². The first kappa shape index (κ1) is 22.2. The van der Waals surface area contributed by atoms with E-state index in [1.54, 1.807) is 25.1 Å². The third kappa shape index (κ3) is 8.58. The second-order valence-corrected chi connectivity index (χ2v) is 6.62. The number of hydrogen-bond acceptors (Lipinski definition) is 2. The summed E-state index contributed by atoms with van der Waals surface area (Å²) in [4.78, 5) is 17.6. The molecule has 6 heteroatoms. The zero-order valence-electron chi connectivity index (χ0n) is 15.0. The predicted octanol–water partition coefficient (Wildman–Crippen LogP) is 2.63. The van der Waals surface area contributed by atoms with E-state index in [0.29, 0.717) is 18.5 Å². The van der Waals surface area contributed by atoms with Gasteiger partial charge in [0.05, 0.1) is 0 Å². The van der Waals surface area contributed by atoms with Crippen molar-refractivity contribution in [2.24, 2.45) is 16.8 Å². The van der Waals surface area contributed by atoms with Gasteiger partial charge in [0.15, 0.2) is 5.96 Å². The summed E-state index contributed by atoms with van der Waals surface area (Å²) in [6, 6.07) is 0.445. The normalized spacial score (nSPS) is 21.3. The van der Waals surface area contributed by atoms with Gasteiger partial charge >= 0.3 is 0 Å². The van der Waals surface area contributed by atoms with E-state index in [4.69, 9.17) is 0 Å². The number of aliphatic imine (C=N–C) groups is 1. The molecular weight excluding hydrogens is 403 g/mol. The molecule has 1 aliphatic carbocycles. The van der Waals surface area contributed by atoms with Crippen LogP contribution in [0.1, 0.15) is 39.5 Å². The standard InChI is InChI=1S/C17H32N4O.HI/c1-6-11-18-17(19-12-16(22)21(4)5)20-15-9-7-14(8-10-15)13(2)3;/h6,13-15H,1,7-12H2,2-5H3,(H2,18,19,20);1H. The van der Waals surface area contributed by atoms with Crippen LogP contribution in [0.2, 0.25) is 0 Å². The molecule has 1 aliphatic rings. The molecular formula is C17H33IN4O. The zero-order valence-corrected chi connectivity index (χ0v) is 17.3. The van der Waals surface area contributed by atoms with Crippen LogP contribution < -0.4 is 10.6 Å². The van der Waals surface area contributed by atoms with Crippen LogP contribution in [-0.4, -0.2) is 50.0 Å². The van der Waals surface area contributed by atoms with Gasteiger partial charge in [-0.3, -0.25) is 4.79 Å². The fourth-order valence-electron chi connectivity index (χ4n) is 2.73. The van der Waals surface area contributed by atoms with Gasteiger partial charge in [-0.05, 0) is 37.5 Å². The minimum Gasteiger partial charge on any atom is -0.354 e. The topological polar surface area (TPSA) is 56.7 Å². The first-order valence-corrected chi connectivity index (χ1v) is 8.30. The summed E-state index contributed by atoms with van der Waals surface area (Å²) in [5.41, 5.74) is 0. The number of carbonyl (C=O) groups excluding carboxylic acids is 1. The van der Waals surface area contributed by atoms with E-state index in [0.717, 1.165) is 11.8 Å². The average Bonchev–Trinajstić information content (AvgIpc) is 2.49. The lowest BCUT2D eigenvalue weighted by molar-refractivity contribution is -0.127. The zero-order chi connectivity index (χ0) is 16.5. The van der Waals surface area contributed by atoms with Gasteiger partial charge in [0.25, 0.3) is 0 Å². The Morgan fingerprint density at radius 1 is 1.30 bits per heavy atom. The van der Waals surface area contributed by atoms with Crippen LogP contribution in [0.3, 0.4) is 0 Å². The number of halogens is 1. The second kappa shape index (κ2) is 11.7. The lowest BCUT2D eigenvalue weighted by Gasteiger charge is -2.32. The van der Waals surface area contributed by atoms with Crippen LogP contribution in [0.25, 0.3) is 0 Å². The van der Waals surface area contributed by atoms with E-state index >= 15 is 0 Å². The predicted molar refractivity (Wildman–Crippen MR) is 108 cm³/mol. The molecule has 0 bridgehead atoms. The minimum atomic E-state index is 0. The Kier molecular flexibility index (Phi) is 11.3. The van der Waals surface area contributed by atoms with Gasteiger partial charge in [-0.1, -0.05) is 19.9 Å². The molecule has 0 aromatic carbocycles. The number of rotatable bonds is 6. The molecule has 134 valence electrons. The highest BCUT2D eigenvalue weighted by Crippen LogP contribution is 2.29. The Bertz CT molecular complexity index is 388. The number of amides is 1. The third-order valence-corrected chi connectivity index (χ3v) is 4.34. The van der Waals surface area contributed by atoms with Crippen LogP contribution in [-0.2, 0) is 4.79 Å². The summed E-state index contributed by atoms with van der Waals surface area (Å²) in [7, 11) is 3.49. The molecule has 0 atom stereocenters. The van der Waals surface area contributed by atoms with Crippen molar-refractivity contribution in [1.82, 2.24) is 15.5 Å². The smallest absolute Gasteiger partial charge is 0.243 e. The Morgan fingerprint density at radius 2 is 1.91 bits per heavy atom. The number of guanidine groups is 1. The van der Waals surface area contributed by atoms with Crippen molar-refractivity contribution in [3.8, 4) is 0 Å². The first-order valence-electron chi connectivity index (χ1n) is 8.30. The molecule has 0 saturated heterocycles. The van der Waals surface area contributed by atoms with Crippen molar-refractivity contribution in [2.75, 3.05) is 27.2 Å². The van der Waals surface area contributed by atoms with Crippen LogP contribution in [0, 0.1) is 11.8 Å². The highest BCUT2D eigenvalue weighted by molar-refractivity contribution is 14.0. The van der Waals surface area contributed by atoms with E-state index in [2.05, 4.69) is 36.1 Å².